The van der Waals surface area contributed by atoms with Gasteiger partial charge in [-0.15, -0.1) is 0 Å². The zero-order valence-corrected chi connectivity index (χ0v) is 24.4. The van der Waals surface area contributed by atoms with Gasteiger partial charge >= 0.3 is 124 Å². The molecule has 6 N–H and O–H groups in total. The fourth-order valence-corrected chi connectivity index (χ4v) is 0.773. The Morgan fingerprint density at radius 1 is 0.364 bits per heavy atom. The van der Waals surface area contributed by atoms with E-state index < -0.39 is 72.4 Å². The first-order chi connectivity index (χ1) is 13.4. The monoisotopic (exact) mass is 570 g/mol. The SMILES string of the molecule is O=C([O-])C(O)C(O)C(=O)[O-].O=C([O-])C(O)C(O)C(=O)[O-].O=C([O-])C(O)C(O)C(=O)[O-].[K+].[K+].[Ti+4]. The summed E-state index contributed by atoms with van der Waals surface area (Å²) in [5, 5.41) is 107. The van der Waals surface area contributed by atoms with Crippen molar-refractivity contribution >= 4 is 35.8 Å². The van der Waals surface area contributed by atoms with E-state index >= 15 is 0 Å². The molecule has 0 heterocycles. The normalized spacial score (nSPS) is 14.4. The Hall–Kier alpha value is 0.567. The fourth-order valence-electron chi connectivity index (χ4n) is 0.773. The molecule has 18 nitrogen and oxygen atoms in total. The van der Waals surface area contributed by atoms with E-state index in [1.165, 1.54) is 0 Å². The summed E-state index contributed by atoms with van der Waals surface area (Å²) in [6, 6.07) is 0. The second-order valence-electron chi connectivity index (χ2n) is 4.58. The number of rotatable bonds is 9. The van der Waals surface area contributed by atoms with Gasteiger partial charge in [-0.05, 0) is 0 Å². The van der Waals surface area contributed by atoms with Gasteiger partial charge in [-0.3, -0.25) is 0 Å². The van der Waals surface area contributed by atoms with Crippen LogP contribution < -0.4 is 133 Å². The molecule has 0 amide bonds. The van der Waals surface area contributed by atoms with Gasteiger partial charge in [0, 0.05) is 0 Å². The average Bonchev–Trinajstić information content (AvgIpc) is 2.64. The van der Waals surface area contributed by atoms with Gasteiger partial charge in [0.15, 0.2) is 0 Å². The van der Waals surface area contributed by atoms with Crippen molar-refractivity contribution in [1.29, 1.82) is 0 Å². The van der Waals surface area contributed by atoms with E-state index in [1.54, 1.807) is 0 Å². The molecule has 0 aliphatic heterocycles. The van der Waals surface area contributed by atoms with Crippen molar-refractivity contribution in [2.45, 2.75) is 36.6 Å². The molecule has 6 unspecified atom stereocenters. The van der Waals surface area contributed by atoms with Crippen LogP contribution in [0.4, 0.5) is 0 Å². The van der Waals surface area contributed by atoms with Crippen molar-refractivity contribution in [1.82, 2.24) is 0 Å². The maximum absolute atomic E-state index is 9.63. The summed E-state index contributed by atoms with van der Waals surface area (Å²) in [7, 11) is 0. The van der Waals surface area contributed by atoms with E-state index in [9.17, 15) is 59.4 Å². The van der Waals surface area contributed by atoms with Gasteiger partial charge in [0.25, 0.3) is 0 Å². The second kappa shape index (κ2) is 24.3. The Kier molecular flexibility index (Phi) is 34.5. The standard InChI is InChI=1S/3C4H6O6.2K.Ti/c3*5-1(3(7)8)2(6)4(9)10;;;/h3*1-2,5-6H,(H,7,8)(H,9,10);;;/q;;;2*+1;+4/p-6. The van der Waals surface area contributed by atoms with Crippen molar-refractivity contribution in [3.8, 4) is 0 Å². The van der Waals surface area contributed by atoms with Gasteiger partial charge < -0.3 is 90.0 Å². The first-order valence-corrected chi connectivity index (χ1v) is 6.73. The van der Waals surface area contributed by atoms with Crippen LogP contribution in [0.15, 0.2) is 0 Å². The molecular formula is C12H12K2O18Ti. The quantitative estimate of drug-likeness (QED) is 0.140. The number of hydrogen-bond acceptors (Lipinski definition) is 18. The topological polar surface area (TPSA) is 362 Å². The number of aliphatic carboxylic acids is 6. The maximum Gasteiger partial charge on any atom is 4.00 e. The average molecular weight is 570 g/mol. The predicted octanol–water partition coefficient (Wildman–Crippen LogP) is -20.4. The first-order valence-electron chi connectivity index (χ1n) is 6.73. The molecule has 0 aromatic rings. The third kappa shape index (κ3) is 22.8. The van der Waals surface area contributed by atoms with E-state index in [4.69, 9.17) is 30.6 Å². The van der Waals surface area contributed by atoms with Crippen LogP contribution in [0.5, 0.6) is 0 Å². The van der Waals surface area contributed by atoms with E-state index in [0.29, 0.717) is 0 Å². The molecule has 33 heavy (non-hydrogen) atoms. The predicted molar refractivity (Wildman–Crippen MR) is 66.1 cm³/mol. The Morgan fingerprint density at radius 3 is 0.455 bits per heavy atom. The Morgan fingerprint density at radius 2 is 0.424 bits per heavy atom. The Bertz CT molecular complexity index is 504. The van der Waals surface area contributed by atoms with Crippen LogP contribution >= 0.6 is 0 Å². The van der Waals surface area contributed by atoms with Crippen molar-refractivity contribution in [3.05, 3.63) is 0 Å². The van der Waals surface area contributed by atoms with Crippen LogP contribution in [0.1, 0.15) is 0 Å². The summed E-state index contributed by atoms with van der Waals surface area (Å²) in [5.74, 6) is -12.4. The molecule has 0 bridgehead atoms. The molecule has 0 aromatic carbocycles. The van der Waals surface area contributed by atoms with Crippen molar-refractivity contribution < 1.29 is 215 Å². The van der Waals surface area contributed by atoms with E-state index in [-0.39, 0.29) is 124 Å². The van der Waals surface area contributed by atoms with E-state index in [0.717, 1.165) is 0 Å². The number of aliphatic hydroxyl groups excluding tert-OH is 6. The zero-order valence-electron chi connectivity index (χ0n) is 16.5. The first kappa shape index (κ1) is 46.8. The number of hydrogen-bond donors (Lipinski definition) is 6. The van der Waals surface area contributed by atoms with Crippen molar-refractivity contribution in [2.24, 2.45) is 0 Å². The molecule has 0 aliphatic carbocycles. The molecule has 0 aromatic heterocycles. The number of carboxylic acid groups (broad SMARTS) is 6. The molecule has 0 radical (unpaired) electrons. The minimum atomic E-state index is -2.44. The van der Waals surface area contributed by atoms with Crippen LogP contribution in [0.25, 0.3) is 0 Å². The summed E-state index contributed by atoms with van der Waals surface area (Å²) in [4.78, 5) is 57.8. The smallest absolute Gasteiger partial charge is 0.547 e. The van der Waals surface area contributed by atoms with Gasteiger partial charge in [0.05, 0.1) is 35.8 Å². The van der Waals surface area contributed by atoms with Crippen LogP contribution in [0, 0.1) is 0 Å². The van der Waals surface area contributed by atoms with Crippen molar-refractivity contribution in [3.63, 3.8) is 0 Å². The molecule has 6 atom stereocenters. The molecule has 0 spiro atoms. The van der Waals surface area contributed by atoms with Gasteiger partial charge in [0.2, 0.25) is 0 Å². The van der Waals surface area contributed by atoms with Crippen molar-refractivity contribution in [2.75, 3.05) is 0 Å². The third-order valence-corrected chi connectivity index (χ3v) is 2.35. The van der Waals surface area contributed by atoms with E-state index in [2.05, 4.69) is 0 Å². The molecule has 174 valence electrons. The van der Waals surface area contributed by atoms with Gasteiger partial charge in [0.1, 0.15) is 36.6 Å². The molecule has 21 heteroatoms. The van der Waals surface area contributed by atoms with Gasteiger partial charge in [-0.25, -0.2) is 0 Å². The number of carboxylic acids is 6. The minimum absolute atomic E-state index is 0. The molecule has 0 saturated carbocycles. The fraction of sp³-hybridized carbons (Fsp3) is 0.500. The summed E-state index contributed by atoms with van der Waals surface area (Å²) in [6.45, 7) is 0. The summed E-state index contributed by atoms with van der Waals surface area (Å²) in [5.41, 5.74) is 0. The third-order valence-electron chi connectivity index (χ3n) is 2.35. The van der Waals surface area contributed by atoms with Crippen LogP contribution in [-0.4, -0.2) is 103 Å². The number of carbonyl (C=O) groups excluding carboxylic acids is 6. The van der Waals surface area contributed by atoms with Gasteiger partial charge in [-0.1, -0.05) is 0 Å². The maximum atomic E-state index is 9.63. The van der Waals surface area contributed by atoms with Crippen LogP contribution in [0.3, 0.4) is 0 Å². The van der Waals surface area contributed by atoms with Gasteiger partial charge in [-0.2, -0.15) is 0 Å². The zero-order chi connectivity index (χ0) is 24.9. The Balaban J connectivity index is -0.0000000792. The number of carbonyl (C=O) groups is 6. The molecule has 0 aliphatic rings. The van der Waals surface area contributed by atoms with E-state index in [1.807, 2.05) is 0 Å². The number of aliphatic hydroxyl groups is 6. The van der Waals surface area contributed by atoms with Crippen LogP contribution in [-0.2, 0) is 50.5 Å². The molecular weight excluding hydrogens is 558 g/mol. The van der Waals surface area contributed by atoms with Crippen LogP contribution in [0.2, 0.25) is 0 Å². The summed E-state index contributed by atoms with van der Waals surface area (Å²) >= 11 is 0. The summed E-state index contributed by atoms with van der Waals surface area (Å²) < 4.78 is 0. The second-order valence-corrected chi connectivity index (χ2v) is 4.58. The Labute approximate surface area is 282 Å². The molecule has 0 saturated heterocycles. The molecule has 0 fully saturated rings. The largest absolute Gasteiger partial charge is 4.00 e. The minimum Gasteiger partial charge on any atom is -0.547 e. The summed E-state index contributed by atoms with van der Waals surface area (Å²) in [6.07, 6.45) is -14.6. The molecule has 0 rings (SSSR count).